The van der Waals surface area contributed by atoms with Gasteiger partial charge in [-0.1, -0.05) is 24.9 Å². The molecule has 2 rings (SSSR count). The highest BCUT2D eigenvalue weighted by Crippen LogP contribution is 2.30. The topological polar surface area (TPSA) is 89.5 Å². The minimum absolute atomic E-state index is 0.137. The van der Waals surface area contributed by atoms with E-state index in [1.165, 1.54) is 0 Å². The number of carbonyl (C=O) groups is 2. The Morgan fingerprint density at radius 3 is 1.35 bits per heavy atom. The lowest BCUT2D eigenvalue weighted by atomic mass is 10.3. The van der Waals surface area contributed by atoms with E-state index < -0.39 is 24.5 Å². The molecule has 0 heterocycles. The van der Waals surface area contributed by atoms with Crippen LogP contribution >= 0.6 is 11.8 Å². The molecule has 8 nitrogen and oxygen atoms in total. The molecule has 0 aliphatic rings. The minimum atomic E-state index is -0.493. The average Bonchev–Trinajstić information content (AvgIpc) is 2.86. The minimum Gasteiger partial charge on any atom is -0.465 e. The molecule has 2 aromatic rings. The van der Waals surface area contributed by atoms with E-state index in [9.17, 15) is 9.59 Å². The van der Waals surface area contributed by atoms with Crippen LogP contribution in [0.15, 0.2) is 82.6 Å². The average molecular weight is 531 g/mol. The lowest BCUT2D eigenvalue weighted by Crippen LogP contribution is -2.20. The van der Waals surface area contributed by atoms with Crippen molar-refractivity contribution in [2.75, 3.05) is 26.4 Å². The van der Waals surface area contributed by atoms with Gasteiger partial charge in [0.1, 0.15) is 24.7 Å². The van der Waals surface area contributed by atoms with E-state index in [0.717, 1.165) is 9.79 Å². The van der Waals surface area contributed by atoms with Gasteiger partial charge in [0.2, 0.25) is 0 Å². The molecule has 200 valence electrons. The highest BCUT2D eigenvalue weighted by Gasteiger charge is 2.09. The first-order valence-corrected chi connectivity index (χ1v) is 12.6. The zero-order chi connectivity index (χ0) is 27.2. The van der Waals surface area contributed by atoms with Gasteiger partial charge < -0.3 is 28.4 Å². The summed E-state index contributed by atoms with van der Waals surface area (Å²) < 4.78 is 32.5. The summed E-state index contributed by atoms with van der Waals surface area (Å²) in [5, 5.41) is 0. The van der Waals surface area contributed by atoms with Gasteiger partial charge in [0, 0.05) is 20.9 Å². The first kappa shape index (κ1) is 30.0. The number of ether oxygens (including phenoxy) is 6. The Morgan fingerprint density at radius 2 is 1.03 bits per heavy atom. The number of benzene rings is 2. The van der Waals surface area contributed by atoms with Crippen LogP contribution in [0.1, 0.15) is 27.7 Å². The standard InChI is InChI=1S/C28H34O8S/c1-19(2)27(29)33-17-15-31-21(5)35-23-7-11-25(12-8-23)37-26-13-9-24(10-14-26)36-22(6)32-16-18-34-28(30)20(3)4/h7-14,21-22H,1,3,15-18H2,2,4-6H3. The molecule has 9 heteroatoms. The van der Waals surface area contributed by atoms with E-state index in [1.54, 1.807) is 39.5 Å². The van der Waals surface area contributed by atoms with Gasteiger partial charge in [-0.2, -0.15) is 0 Å². The fraction of sp³-hybridized carbons (Fsp3) is 0.357. The molecular formula is C28H34O8S. The molecule has 2 atom stereocenters. The summed E-state index contributed by atoms with van der Waals surface area (Å²) in [7, 11) is 0. The van der Waals surface area contributed by atoms with Crippen molar-refractivity contribution in [3.63, 3.8) is 0 Å². The normalized spacial score (nSPS) is 12.2. The predicted octanol–water partition coefficient (Wildman–Crippen LogP) is 5.56. The summed E-state index contributed by atoms with van der Waals surface area (Å²) in [5.41, 5.74) is 0.700. The molecular weight excluding hydrogens is 496 g/mol. The smallest absolute Gasteiger partial charge is 0.333 e. The zero-order valence-corrected chi connectivity index (χ0v) is 22.5. The van der Waals surface area contributed by atoms with E-state index in [0.29, 0.717) is 22.6 Å². The monoisotopic (exact) mass is 530 g/mol. The molecule has 0 aromatic heterocycles. The molecule has 0 N–H and O–H groups in total. The van der Waals surface area contributed by atoms with Crippen molar-refractivity contribution < 1.29 is 38.0 Å². The number of hydrogen-bond donors (Lipinski definition) is 0. The number of hydrogen-bond acceptors (Lipinski definition) is 9. The Balaban J connectivity index is 1.71. The van der Waals surface area contributed by atoms with Gasteiger partial charge in [-0.15, -0.1) is 0 Å². The molecule has 2 unspecified atom stereocenters. The highest BCUT2D eigenvalue weighted by molar-refractivity contribution is 7.99. The van der Waals surface area contributed by atoms with Crippen molar-refractivity contribution in [1.29, 1.82) is 0 Å². The Bertz CT molecular complexity index is 950. The lowest BCUT2D eigenvalue weighted by molar-refractivity contribution is -0.144. The molecule has 0 saturated heterocycles. The van der Waals surface area contributed by atoms with Crippen LogP contribution in [-0.4, -0.2) is 50.9 Å². The Morgan fingerprint density at radius 1 is 0.676 bits per heavy atom. The first-order valence-electron chi connectivity index (χ1n) is 11.7. The molecule has 0 spiro atoms. The predicted molar refractivity (Wildman–Crippen MR) is 141 cm³/mol. The van der Waals surface area contributed by atoms with E-state index in [4.69, 9.17) is 28.4 Å². The van der Waals surface area contributed by atoms with Gasteiger partial charge in [0.25, 0.3) is 0 Å². The second kappa shape index (κ2) is 15.8. The van der Waals surface area contributed by atoms with Gasteiger partial charge in [-0.05, 0) is 76.2 Å². The zero-order valence-electron chi connectivity index (χ0n) is 21.7. The van der Waals surface area contributed by atoms with Crippen molar-refractivity contribution in [3.8, 4) is 11.5 Å². The van der Waals surface area contributed by atoms with Crippen LogP contribution in [0.5, 0.6) is 11.5 Å². The van der Waals surface area contributed by atoms with Crippen molar-refractivity contribution in [3.05, 3.63) is 72.8 Å². The maximum Gasteiger partial charge on any atom is 0.333 e. The van der Waals surface area contributed by atoms with E-state index in [1.807, 2.05) is 48.5 Å². The third kappa shape index (κ3) is 12.0. The van der Waals surface area contributed by atoms with Crippen LogP contribution in [0.25, 0.3) is 0 Å². The van der Waals surface area contributed by atoms with Crippen molar-refractivity contribution in [2.45, 2.75) is 50.1 Å². The number of esters is 2. The molecule has 0 bridgehead atoms. The fourth-order valence-corrected chi connectivity index (χ4v) is 3.52. The molecule has 0 amide bonds. The Kier molecular flexibility index (Phi) is 12.8. The maximum absolute atomic E-state index is 11.3. The molecule has 0 radical (unpaired) electrons. The molecule has 0 saturated carbocycles. The van der Waals surface area contributed by atoms with Gasteiger partial charge in [0.15, 0.2) is 12.6 Å². The highest BCUT2D eigenvalue weighted by atomic mass is 32.2. The molecule has 2 aromatic carbocycles. The Labute approximate surface area is 222 Å². The van der Waals surface area contributed by atoms with Crippen LogP contribution in [0.2, 0.25) is 0 Å². The molecule has 0 aliphatic carbocycles. The first-order chi connectivity index (χ1) is 17.6. The molecule has 37 heavy (non-hydrogen) atoms. The third-order valence-electron chi connectivity index (χ3n) is 4.52. The van der Waals surface area contributed by atoms with E-state index in [-0.39, 0.29) is 26.4 Å². The largest absolute Gasteiger partial charge is 0.465 e. The van der Waals surface area contributed by atoms with Crippen molar-refractivity contribution in [2.24, 2.45) is 0 Å². The molecule has 0 aliphatic heterocycles. The SMILES string of the molecule is C=C(C)C(=O)OCCOC(C)Oc1ccc(Sc2ccc(OC(C)OCCOC(=O)C(=C)C)cc2)cc1. The molecule has 0 fully saturated rings. The van der Waals surface area contributed by atoms with Gasteiger partial charge in [-0.3, -0.25) is 0 Å². The summed E-state index contributed by atoms with van der Waals surface area (Å²) in [5.74, 6) is 0.462. The summed E-state index contributed by atoms with van der Waals surface area (Å²) in [4.78, 5) is 24.8. The maximum atomic E-state index is 11.3. The van der Waals surface area contributed by atoms with Crippen molar-refractivity contribution >= 4 is 23.7 Å². The van der Waals surface area contributed by atoms with Crippen molar-refractivity contribution in [1.82, 2.24) is 0 Å². The van der Waals surface area contributed by atoms with Crippen LogP contribution < -0.4 is 9.47 Å². The van der Waals surface area contributed by atoms with Gasteiger partial charge in [0.05, 0.1) is 13.2 Å². The van der Waals surface area contributed by atoms with Crippen LogP contribution in [-0.2, 0) is 28.5 Å². The van der Waals surface area contributed by atoms with Crippen LogP contribution in [0.3, 0.4) is 0 Å². The van der Waals surface area contributed by atoms with E-state index >= 15 is 0 Å². The summed E-state index contributed by atoms with van der Waals surface area (Å²) >= 11 is 1.60. The van der Waals surface area contributed by atoms with Gasteiger partial charge >= 0.3 is 11.9 Å². The van der Waals surface area contributed by atoms with Crippen LogP contribution in [0, 0.1) is 0 Å². The summed E-state index contributed by atoms with van der Waals surface area (Å²) in [6.45, 7) is 14.5. The summed E-state index contributed by atoms with van der Waals surface area (Å²) in [6, 6.07) is 15.3. The van der Waals surface area contributed by atoms with E-state index in [2.05, 4.69) is 13.2 Å². The second-order valence-corrected chi connectivity index (χ2v) is 9.14. The van der Waals surface area contributed by atoms with Gasteiger partial charge in [-0.25, -0.2) is 9.59 Å². The lowest BCUT2D eigenvalue weighted by Gasteiger charge is -2.16. The number of carbonyl (C=O) groups excluding carboxylic acids is 2. The fourth-order valence-electron chi connectivity index (χ4n) is 2.70. The van der Waals surface area contributed by atoms with Crippen LogP contribution in [0.4, 0.5) is 0 Å². The quantitative estimate of drug-likeness (QED) is 0.120. The third-order valence-corrected chi connectivity index (χ3v) is 5.54. The number of rotatable bonds is 16. The second-order valence-electron chi connectivity index (χ2n) is 7.99. The summed E-state index contributed by atoms with van der Waals surface area (Å²) in [6.07, 6.45) is -0.986. The Hall–Kier alpha value is -3.27.